The quantitative estimate of drug-likeness (QED) is 0.361. The van der Waals surface area contributed by atoms with E-state index in [1.807, 2.05) is 4.90 Å². The van der Waals surface area contributed by atoms with Crippen molar-refractivity contribution in [1.29, 1.82) is 0 Å². The van der Waals surface area contributed by atoms with E-state index in [0.29, 0.717) is 32.3 Å². The molecule has 4 heterocycles. The molecule has 198 valence electrons. The van der Waals surface area contributed by atoms with Gasteiger partial charge in [-0.05, 0) is 25.1 Å². The molecule has 1 aliphatic heterocycles. The Morgan fingerprint density at radius 1 is 1.13 bits per heavy atom. The standard InChI is InChI=1S/C24H23F3N8O3/c1-3-4-8-33-19-20(28-22(33)32-9-11-38-12-10-32)31(2)23(37)34(21(19)36)14-17-15-35(30-29-17)18-7-5-6-16(13-18)24(25,26)27/h5-7,13,15H,8-12,14H2,1-2H3. The third kappa shape index (κ3) is 4.56. The Balaban J connectivity index is 1.57. The number of benzene rings is 1. The fourth-order valence-corrected chi connectivity index (χ4v) is 4.30. The maximum Gasteiger partial charge on any atom is 0.416 e. The van der Waals surface area contributed by atoms with Crippen molar-refractivity contribution in [2.75, 3.05) is 31.2 Å². The summed E-state index contributed by atoms with van der Waals surface area (Å²) < 4.78 is 49.9. The molecular weight excluding hydrogens is 505 g/mol. The fourth-order valence-electron chi connectivity index (χ4n) is 4.30. The molecule has 1 aromatic carbocycles. The van der Waals surface area contributed by atoms with E-state index in [9.17, 15) is 22.8 Å². The lowest BCUT2D eigenvalue weighted by Gasteiger charge is -2.27. The number of aromatic nitrogens is 7. The lowest BCUT2D eigenvalue weighted by molar-refractivity contribution is -0.137. The van der Waals surface area contributed by atoms with Gasteiger partial charge in [-0.15, -0.1) is 11.0 Å². The van der Waals surface area contributed by atoms with Crippen LogP contribution in [-0.2, 0) is 31.1 Å². The first-order valence-electron chi connectivity index (χ1n) is 11.7. The molecule has 0 N–H and O–H groups in total. The van der Waals surface area contributed by atoms with Gasteiger partial charge < -0.3 is 9.64 Å². The van der Waals surface area contributed by atoms with Crippen molar-refractivity contribution in [3.05, 3.63) is 62.6 Å². The summed E-state index contributed by atoms with van der Waals surface area (Å²) in [6, 6.07) is 4.61. The van der Waals surface area contributed by atoms with Crippen LogP contribution in [0.4, 0.5) is 19.1 Å². The molecule has 0 radical (unpaired) electrons. The van der Waals surface area contributed by atoms with Crippen LogP contribution < -0.4 is 16.1 Å². The summed E-state index contributed by atoms with van der Waals surface area (Å²) in [4.78, 5) is 33.4. The summed E-state index contributed by atoms with van der Waals surface area (Å²) in [5, 5.41) is 7.87. The van der Waals surface area contributed by atoms with Gasteiger partial charge in [0.1, 0.15) is 5.69 Å². The average Bonchev–Trinajstić information content (AvgIpc) is 3.54. The van der Waals surface area contributed by atoms with Crippen LogP contribution in [0.15, 0.2) is 40.1 Å². The molecular formula is C24H23F3N8O3. The summed E-state index contributed by atoms with van der Waals surface area (Å²) in [5.74, 6) is 6.30. The predicted molar refractivity (Wildman–Crippen MR) is 131 cm³/mol. The Morgan fingerprint density at radius 3 is 2.61 bits per heavy atom. The van der Waals surface area contributed by atoms with Crippen molar-refractivity contribution in [3.8, 4) is 17.5 Å². The van der Waals surface area contributed by atoms with E-state index in [4.69, 9.17) is 4.74 Å². The zero-order valence-electron chi connectivity index (χ0n) is 20.6. The van der Waals surface area contributed by atoms with Crippen LogP contribution in [0.3, 0.4) is 0 Å². The molecule has 38 heavy (non-hydrogen) atoms. The third-order valence-corrected chi connectivity index (χ3v) is 6.22. The number of alkyl halides is 3. The number of hydrogen-bond acceptors (Lipinski definition) is 7. The van der Waals surface area contributed by atoms with Crippen LogP contribution in [0.5, 0.6) is 0 Å². The molecule has 0 unspecified atom stereocenters. The van der Waals surface area contributed by atoms with Crippen molar-refractivity contribution < 1.29 is 17.9 Å². The van der Waals surface area contributed by atoms with E-state index in [2.05, 4.69) is 27.1 Å². The SMILES string of the molecule is CC#CCn1c(N2CCOCC2)nc2c1c(=O)n(Cc1cn(-c3cccc(C(F)(F)F)c3)nn1)c(=O)n2C. The van der Waals surface area contributed by atoms with Crippen LogP contribution in [0.25, 0.3) is 16.9 Å². The van der Waals surface area contributed by atoms with Gasteiger partial charge in [0.15, 0.2) is 11.2 Å². The monoisotopic (exact) mass is 528 g/mol. The highest BCUT2D eigenvalue weighted by atomic mass is 19.4. The molecule has 5 rings (SSSR count). The Labute approximate surface area is 213 Å². The molecule has 11 nitrogen and oxygen atoms in total. The number of aryl methyl sites for hydroxylation is 1. The first-order valence-corrected chi connectivity index (χ1v) is 11.7. The van der Waals surface area contributed by atoms with Gasteiger partial charge in [0.05, 0.1) is 43.8 Å². The molecule has 0 amide bonds. The highest BCUT2D eigenvalue weighted by Crippen LogP contribution is 2.30. The van der Waals surface area contributed by atoms with E-state index >= 15 is 0 Å². The van der Waals surface area contributed by atoms with Crippen LogP contribution in [0, 0.1) is 11.8 Å². The van der Waals surface area contributed by atoms with Gasteiger partial charge in [-0.2, -0.15) is 18.2 Å². The van der Waals surface area contributed by atoms with E-state index in [0.717, 1.165) is 21.4 Å². The number of nitrogens with zero attached hydrogens (tertiary/aromatic N) is 8. The van der Waals surface area contributed by atoms with Crippen molar-refractivity contribution in [2.24, 2.45) is 7.05 Å². The third-order valence-electron chi connectivity index (χ3n) is 6.22. The van der Waals surface area contributed by atoms with E-state index < -0.39 is 23.0 Å². The fraction of sp³-hybridized carbons (Fsp3) is 0.375. The predicted octanol–water partition coefficient (Wildman–Crippen LogP) is 1.40. The Morgan fingerprint density at radius 2 is 1.89 bits per heavy atom. The van der Waals surface area contributed by atoms with Crippen LogP contribution in [0.2, 0.25) is 0 Å². The number of imidazole rings is 1. The highest BCUT2D eigenvalue weighted by Gasteiger charge is 2.30. The lowest BCUT2D eigenvalue weighted by Crippen LogP contribution is -2.40. The van der Waals surface area contributed by atoms with Crippen molar-refractivity contribution in [1.82, 2.24) is 33.7 Å². The van der Waals surface area contributed by atoms with Crippen LogP contribution in [0.1, 0.15) is 18.2 Å². The molecule has 4 aromatic rings. The molecule has 3 aromatic heterocycles. The number of hydrogen-bond donors (Lipinski definition) is 0. The first-order chi connectivity index (χ1) is 18.2. The second-order valence-electron chi connectivity index (χ2n) is 8.63. The number of halogens is 3. The number of anilines is 1. The largest absolute Gasteiger partial charge is 0.416 e. The topological polar surface area (TPSA) is 105 Å². The maximum absolute atomic E-state index is 13.6. The smallest absolute Gasteiger partial charge is 0.378 e. The minimum Gasteiger partial charge on any atom is -0.378 e. The molecule has 0 atom stereocenters. The van der Waals surface area contributed by atoms with E-state index in [1.165, 1.54) is 29.9 Å². The second kappa shape index (κ2) is 9.82. The van der Waals surface area contributed by atoms with E-state index in [-0.39, 0.29) is 35.6 Å². The average molecular weight is 528 g/mol. The number of ether oxygens (including phenoxy) is 1. The molecule has 0 saturated carbocycles. The van der Waals surface area contributed by atoms with Gasteiger partial charge in [0.25, 0.3) is 5.56 Å². The van der Waals surface area contributed by atoms with Crippen molar-refractivity contribution in [2.45, 2.75) is 26.2 Å². The van der Waals surface area contributed by atoms with Crippen molar-refractivity contribution >= 4 is 17.1 Å². The summed E-state index contributed by atoms with van der Waals surface area (Å²) in [6.07, 6.45) is -3.13. The highest BCUT2D eigenvalue weighted by molar-refractivity contribution is 5.75. The molecule has 0 bridgehead atoms. The molecule has 1 fully saturated rings. The summed E-state index contributed by atoms with van der Waals surface area (Å²) in [5.41, 5.74) is -1.24. The molecule has 14 heteroatoms. The van der Waals surface area contributed by atoms with Gasteiger partial charge in [0.2, 0.25) is 5.95 Å². The van der Waals surface area contributed by atoms with Gasteiger partial charge in [-0.3, -0.25) is 18.5 Å². The van der Waals surface area contributed by atoms with Crippen LogP contribution in [-0.4, -0.2) is 60.0 Å². The normalized spacial score (nSPS) is 14.1. The molecule has 1 aliphatic rings. The Bertz CT molecular complexity index is 1680. The minimum atomic E-state index is -4.51. The Hall–Kier alpha value is -4.38. The number of morpholine rings is 1. The summed E-state index contributed by atoms with van der Waals surface area (Å²) >= 11 is 0. The molecule has 1 saturated heterocycles. The van der Waals surface area contributed by atoms with E-state index in [1.54, 1.807) is 11.5 Å². The maximum atomic E-state index is 13.6. The summed E-state index contributed by atoms with van der Waals surface area (Å²) in [6.45, 7) is 3.81. The van der Waals surface area contributed by atoms with Gasteiger partial charge in [0, 0.05) is 20.1 Å². The zero-order chi connectivity index (χ0) is 27.0. The van der Waals surface area contributed by atoms with Gasteiger partial charge in [-0.25, -0.2) is 9.48 Å². The first kappa shape index (κ1) is 25.3. The van der Waals surface area contributed by atoms with Crippen LogP contribution >= 0.6 is 0 Å². The number of rotatable bonds is 5. The molecule has 0 aliphatic carbocycles. The minimum absolute atomic E-state index is 0.139. The van der Waals surface area contributed by atoms with Crippen molar-refractivity contribution in [3.63, 3.8) is 0 Å². The Kier molecular flexibility index (Phi) is 6.53. The lowest BCUT2D eigenvalue weighted by atomic mass is 10.2. The second-order valence-corrected chi connectivity index (χ2v) is 8.63. The summed E-state index contributed by atoms with van der Waals surface area (Å²) in [7, 11) is 1.52. The number of fused-ring (bicyclic) bond motifs is 1. The van der Waals surface area contributed by atoms with Gasteiger partial charge in [-0.1, -0.05) is 17.2 Å². The van der Waals surface area contributed by atoms with Gasteiger partial charge >= 0.3 is 11.9 Å². The molecule has 0 spiro atoms. The zero-order valence-corrected chi connectivity index (χ0v) is 20.6.